The summed E-state index contributed by atoms with van der Waals surface area (Å²) < 4.78 is 0. The van der Waals surface area contributed by atoms with Crippen LogP contribution >= 0.6 is 0 Å². The molecule has 0 spiro atoms. The Bertz CT molecular complexity index is 732. The fraction of sp³-hybridized carbons (Fsp3) is 0.742. The molecule has 2 nitrogen and oxygen atoms in total. The van der Waals surface area contributed by atoms with Gasteiger partial charge in [0.15, 0.2) is 0 Å². The number of unbranched alkanes of at least 4 members (excludes halogenated alkanes) is 12. The van der Waals surface area contributed by atoms with E-state index in [0.717, 1.165) is 24.6 Å². The first-order valence-corrected chi connectivity index (χ1v) is 14.5. The van der Waals surface area contributed by atoms with E-state index in [2.05, 4.69) is 37.0 Å². The van der Waals surface area contributed by atoms with E-state index >= 15 is 0 Å². The van der Waals surface area contributed by atoms with Crippen LogP contribution in [0, 0.1) is 5.92 Å². The van der Waals surface area contributed by atoms with Crippen LogP contribution in [0.25, 0.3) is 0 Å². The van der Waals surface area contributed by atoms with E-state index in [0.29, 0.717) is 5.92 Å². The molecule has 2 aliphatic carbocycles. The van der Waals surface area contributed by atoms with Crippen molar-refractivity contribution in [1.82, 2.24) is 9.97 Å². The van der Waals surface area contributed by atoms with Gasteiger partial charge in [-0.2, -0.15) is 0 Å². The zero-order valence-electron chi connectivity index (χ0n) is 21.8. The third-order valence-electron chi connectivity index (χ3n) is 7.81. The zero-order chi connectivity index (χ0) is 23.1. The molecule has 0 N–H and O–H groups in total. The summed E-state index contributed by atoms with van der Waals surface area (Å²) in [5.74, 6) is 2.32. The minimum Gasteiger partial charge on any atom is -0.241 e. The van der Waals surface area contributed by atoms with Crippen molar-refractivity contribution in [2.45, 2.75) is 142 Å². The van der Waals surface area contributed by atoms with Gasteiger partial charge in [-0.3, -0.25) is 0 Å². The standard InChI is InChI=1S/C31H50N2/c1-3-5-7-9-11-12-14-16-18-30-21-22-32-31(33-30)28-20-19-27-23-26(24-29(27)25-28)17-15-13-10-8-6-4-2/h19-22,26,28H,3-18,23-25H2,1-2H3. The Balaban J connectivity index is 1.36. The van der Waals surface area contributed by atoms with Crippen LogP contribution in [0.1, 0.15) is 147 Å². The molecule has 0 saturated heterocycles. The van der Waals surface area contributed by atoms with Crippen molar-refractivity contribution < 1.29 is 0 Å². The molecule has 184 valence electrons. The highest BCUT2D eigenvalue weighted by Gasteiger charge is 2.28. The minimum atomic E-state index is 0.384. The molecule has 0 radical (unpaired) electrons. The first kappa shape index (κ1) is 26.2. The molecule has 2 atom stereocenters. The topological polar surface area (TPSA) is 25.8 Å². The van der Waals surface area contributed by atoms with Gasteiger partial charge in [0, 0.05) is 17.8 Å². The fourth-order valence-electron chi connectivity index (χ4n) is 5.74. The van der Waals surface area contributed by atoms with Crippen molar-refractivity contribution >= 4 is 0 Å². The van der Waals surface area contributed by atoms with Crippen LogP contribution in [0.4, 0.5) is 0 Å². The molecule has 3 rings (SSSR count). The molecule has 2 heteroatoms. The summed E-state index contributed by atoms with van der Waals surface area (Å²) in [6, 6.07) is 2.13. The van der Waals surface area contributed by atoms with Crippen molar-refractivity contribution in [1.29, 1.82) is 0 Å². The summed E-state index contributed by atoms with van der Waals surface area (Å²) in [5, 5.41) is 0. The number of aromatic nitrogens is 2. The number of nitrogens with zero attached hydrogens (tertiary/aromatic N) is 2. The molecule has 0 aromatic carbocycles. The largest absolute Gasteiger partial charge is 0.241 e. The van der Waals surface area contributed by atoms with Crippen molar-refractivity contribution in [3.05, 3.63) is 47.1 Å². The van der Waals surface area contributed by atoms with Gasteiger partial charge in [0.2, 0.25) is 0 Å². The molecule has 2 aliphatic rings. The van der Waals surface area contributed by atoms with Crippen LogP contribution in [-0.2, 0) is 6.42 Å². The molecule has 1 heterocycles. The second-order valence-corrected chi connectivity index (χ2v) is 10.8. The highest BCUT2D eigenvalue weighted by Crippen LogP contribution is 2.43. The lowest BCUT2D eigenvalue weighted by Gasteiger charge is -2.18. The van der Waals surface area contributed by atoms with Crippen LogP contribution in [0.2, 0.25) is 0 Å². The van der Waals surface area contributed by atoms with Crippen molar-refractivity contribution in [3.8, 4) is 0 Å². The number of aryl methyl sites for hydroxylation is 1. The summed E-state index contributed by atoms with van der Waals surface area (Å²) in [6.07, 6.45) is 32.5. The molecule has 0 saturated carbocycles. The summed E-state index contributed by atoms with van der Waals surface area (Å²) in [6.45, 7) is 4.59. The maximum Gasteiger partial charge on any atom is 0.135 e. The second-order valence-electron chi connectivity index (χ2n) is 10.8. The van der Waals surface area contributed by atoms with Crippen molar-refractivity contribution in [3.63, 3.8) is 0 Å². The van der Waals surface area contributed by atoms with E-state index in [9.17, 15) is 0 Å². The van der Waals surface area contributed by atoms with Crippen LogP contribution in [0.5, 0.6) is 0 Å². The molecule has 0 bridgehead atoms. The number of allylic oxidation sites excluding steroid dienone is 4. The van der Waals surface area contributed by atoms with E-state index in [-0.39, 0.29) is 0 Å². The minimum absolute atomic E-state index is 0.384. The lowest BCUT2D eigenvalue weighted by molar-refractivity contribution is 0.465. The predicted molar refractivity (Wildman–Crippen MR) is 143 cm³/mol. The fourth-order valence-corrected chi connectivity index (χ4v) is 5.74. The molecule has 33 heavy (non-hydrogen) atoms. The number of hydrogen-bond acceptors (Lipinski definition) is 2. The van der Waals surface area contributed by atoms with Crippen LogP contribution in [0.15, 0.2) is 35.6 Å². The van der Waals surface area contributed by atoms with Crippen LogP contribution in [-0.4, -0.2) is 9.97 Å². The molecule has 1 aromatic heterocycles. The maximum absolute atomic E-state index is 4.99. The van der Waals surface area contributed by atoms with Gasteiger partial charge < -0.3 is 0 Å². The van der Waals surface area contributed by atoms with E-state index in [4.69, 9.17) is 4.98 Å². The van der Waals surface area contributed by atoms with Gasteiger partial charge in [-0.15, -0.1) is 0 Å². The smallest absolute Gasteiger partial charge is 0.135 e. The summed E-state index contributed by atoms with van der Waals surface area (Å²) in [4.78, 5) is 9.67. The van der Waals surface area contributed by atoms with Gasteiger partial charge >= 0.3 is 0 Å². The normalized spacial score (nSPS) is 19.9. The van der Waals surface area contributed by atoms with Crippen LogP contribution in [0.3, 0.4) is 0 Å². The number of rotatable bonds is 17. The average molecular weight is 451 g/mol. The Labute approximate surface area is 204 Å². The average Bonchev–Trinajstić information content (AvgIpc) is 3.25. The molecule has 2 unspecified atom stereocenters. The van der Waals surface area contributed by atoms with Gasteiger partial charge in [0.1, 0.15) is 5.82 Å². The molecule has 0 aliphatic heterocycles. The second kappa shape index (κ2) is 15.5. The first-order valence-electron chi connectivity index (χ1n) is 14.5. The van der Waals surface area contributed by atoms with Gasteiger partial charge in [-0.1, -0.05) is 115 Å². The molecule has 0 amide bonds. The van der Waals surface area contributed by atoms with Crippen molar-refractivity contribution in [2.75, 3.05) is 0 Å². The quantitative estimate of drug-likeness (QED) is 0.221. The Hall–Kier alpha value is -1.44. The van der Waals surface area contributed by atoms with Gasteiger partial charge in [-0.05, 0) is 56.1 Å². The van der Waals surface area contributed by atoms with Gasteiger partial charge in [0.05, 0.1) is 0 Å². The Kier molecular flexibility index (Phi) is 12.3. The third kappa shape index (κ3) is 9.38. The number of hydrogen-bond donors (Lipinski definition) is 0. The monoisotopic (exact) mass is 450 g/mol. The highest BCUT2D eigenvalue weighted by molar-refractivity contribution is 5.37. The summed E-state index contributed by atoms with van der Waals surface area (Å²) in [5.41, 5.74) is 4.58. The van der Waals surface area contributed by atoms with E-state index in [1.807, 2.05) is 6.20 Å². The van der Waals surface area contributed by atoms with Gasteiger partial charge in [0.25, 0.3) is 0 Å². The van der Waals surface area contributed by atoms with Crippen LogP contribution < -0.4 is 0 Å². The van der Waals surface area contributed by atoms with E-state index in [1.165, 1.54) is 115 Å². The summed E-state index contributed by atoms with van der Waals surface area (Å²) >= 11 is 0. The first-order chi connectivity index (χ1) is 16.3. The molecular formula is C31H50N2. The Morgan fingerprint density at radius 1 is 0.758 bits per heavy atom. The third-order valence-corrected chi connectivity index (χ3v) is 7.81. The maximum atomic E-state index is 4.99. The van der Waals surface area contributed by atoms with Gasteiger partial charge in [-0.25, -0.2) is 9.97 Å². The predicted octanol–water partition coefficient (Wildman–Crippen LogP) is 9.66. The highest BCUT2D eigenvalue weighted by atomic mass is 14.9. The molecule has 1 aromatic rings. The zero-order valence-corrected chi connectivity index (χ0v) is 21.8. The van der Waals surface area contributed by atoms with Crippen molar-refractivity contribution in [2.24, 2.45) is 5.92 Å². The van der Waals surface area contributed by atoms with E-state index < -0.39 is 0 Å². The molecule has 0 fully saturated rings. The SMILES string of the molecule is CCCCCCCCCCc1ccnc(C2C=CC3=C(CC(CCCCCCCC)C3)C2)n1. The Morgan fingerprint density at radius 3 is 2.15 bits per heavy atom. The van der Waals surface area contributed by atoms with E-state index in [1.54, 1.807) is 11.1 Å². The lowest BCUT2D eigenvalue weighted by Crippen LogP contribution is -2.08. The molecular weight excluding hydrogens is 400 g/mol. The lowest BCUT2D eigenvalue weighted by atomic mass is 9.90. The Morgan fingerprint density at radius 2 is 1.42 bits per heavy atom. The summed E-state index contributed by atoms with van der Waals surface area (Å²) in [7, 11) is 0.